The summed E-state index contributed by atoms with van der Waals surface area (Å²) >= 11 is 0. The highest BCUT2D eigenvalue weighted by Crippen LogP contribution is 2.25. The number of nitrogen functional groups attached to an aromatic ring is 1. The fraction of sp³-hybridized carbons (Fsp3) is 0.417. The van der Waals surface area contributed by atoms with Gasteiger partial charge in [0.25, 0.3) is 0 Å². The van der Waals surface area contributed by atoms with Crippen LogP contribution in [0.4, 0.5) is 5.69 Å². The molecule has 1 aliphatic rings. The molecule has 1 aliphatic carbocycles. The number of nitrogens with two attached hydrogens (primary N) is 1. The van der Waals surface area contributed by atoms with E-state index in [-0.39, 0.29) is 0 Å². The summed E-state index contributed by atoms with van der Waals surface area (Å²) in [6.07, 6.45) is 5.75. The average molecular weight is 205 g/mol. The third-order valence-electron chi connectivity index (χ3n) is 2.69. The second kappa shape index (κ2) is 4.34. The molecule has 0 heterocycles. The Hall–Kier alpha value is -1.51. The first-order valence-corrected chi connectivity index (χ1v) is 5.30. The van der Waals surface area contributed by atoms with Gasteiger partial charge in [-0.25, -0.2) is 0 Å². The molecule has 0 amide bonds. The Morgan fingerprint density at radius 2 is 2.00 bits per heavy atom. The smallest absolute Gasteiger partial charge is 0.150 e. The van der Waals surface area contributed by atoms with E-state index in [2.05, 4.69) is 0 Å². The molecule has 0 saturated heterocycles. The summed E-state index contributed by atoms with van der Waals surface area (Å²) in [6.45, 7) is 0. The summed E-state index contributed by atoms with van der Waals surface area (Å²) in [5, 5.41) is 0. The zero-order chi connectivity index (χ0) is 10.7. The summed E-state index contributed by atoms with van der Waals surface area (Å²) in [7, 11) is 0. The van der Waals surface area contributed by atoms with Crippen LogP contribution in [0.25, 0.3) is 0 Å². The van der Waals surface area contributed by atoms with Crippen LogP contribution < -0.4 is 10.5 Å². The maximum Gasteiger partial charge on any atom is 0.150 e. The Balaban J connectivity index is 2.12. The molecule has 0 radical (unpaired) electrons. The topological polar surface area (TPSA) is 52.3 Å². The van der Waals surface area contributed by atoms with Gasteiger partial charge in [-0.05, 0) is 37.8 Å². The van der Waals surface area contributed by atoms with E-state index in [4.69, 9.17) is 10.5 Å². The van der Waals surface area contributed by atoms with Crippen molar-refractivity contribution in [3.63, 3.8) is 0 Å². The minimum Gasteiger partial charge on any atom is -0.490 e. The van der Waals surface area contributed by atoms with Gasteiger partial charge in [-0.1, -0.05) is 0 Å². The zero-order valence-electron chi connectivity index (χ0n) is 8.61. The van der Waals surface area contributed by atoms with Crippen LogP contribution in [0.2, 0.25) is 0 Å². The predicted molar refractivity (Wildman–Crippen MR) is 59.1 cm³/mol. The van der Waals surface area contributed by atoms with Gasteiger partial charge < -0.3 is 10.5 Å². The summed E-state index contributed by atoms with van der Waals surface area (Å²) in [4.78, 5) is 10.6. The third-order valence-corrected chi connectivity index (χ3v) is 2.69. The Bertz CT molecular complexity index is 357. The molecule has 1 aromatic rings. The van der Waals surface area contributed by atoms with E-state index in [1.165, 1.54) is 12.8 Å². The molecule has 3 heteroatoms. The normalized spacial score (nSPS) is 16.5. The van der Waals surface area contributed by atoms with Crippen LogP contribution >= 0.6 is 0 Å². The molecular formula is C12H15NO2. The first-order chi connectivity index (χ1) is 7.28. The van der Waals surface area contributed by atoms with Crippen molar-refractivity contribution in [2.24, 2.45) is 0 Å². The molecule has 0 bridgehead atoms. The van der Waals surface area contributed by atoms with Crippen LogP contribution in [0, 0.1) is 0 Å². The molecule has 0 aliphatic heterocycles. The minimum absolute atomic E-state index is 0.298. The van der Waals surface area contributed by atoms with Gasteiger partial charge in [0, 0.05) is 17.3 Å². The van der Waals surface area contributed by atoms with Gasteiger partial charge in [-0.2, -0.15) is 0 Å². The van der Waals surface area contributed by atoms with E-state index in [1.807, 2.05) is 0 Å². The second-order valence-corrected chi connectivity index (χ2v) is 3.98. The van der Waals surface area contributed by atoms with Gasteiger partial charge in [0.2, 0.25) is 0 Å². The quantitative estimate of drug-likeness (QED) is 0.609. The molecule has 0 unspecified atom stereocenters. The molecule has 2 N–H and O–H groups in total. The van der Waals surface area contributed by atoms with Crippen molar-refractivity contribution in [1.82, 2.24) is 0 Å². The Kier molecular flexibility index (Phi) is 2.90. The second-order valence-electron chi connectivity index (χ2n) is 3.98. The van der Waals surface area contributed by atoms with E-state index in [0.717, 1.165) is 19.1 Å². The number of aldehydes is 1. The number of ether oxygens (including phenoxy) is 1. The number of carbonyl (C=O) groups excluding carboxylic acids is 1. The number of benzene rings is 1. The standard InChI is InChI=1S/C12H15NO2/c13-10-5-9(8-14)6-12(7-10)15-11-3-1-2-4-11/h5-8,11H,1-4,13H2. The van der Waals surface area contributed by atoms with Gasteiger partial charge in [0.1, 0.15) is 12.0 Å². The summed E-state index contributed by atoms with van der Waals surface area (Å²) in [6, 6.07) is 5.15. The maximum atomic E-state index is 10.6. The molecule has 15 heavy (non-hydrogen) atoms. The SMILES string of the molecule is Nc1cc(C=O)cc(OC2CCCC2)c1. The molecule has 0 atom stereocenters. The van der Waals surface area contributed by atoms with E-state index in [1.54, 1.807) is 18.2 Å². The summed E-state index contributed by atoms with van der Waals surface area (Å²) in [5.41, 5.74) is 6.82. The highest BCUT2D eigenvalue weighted by molar-refractivity contribution is 5.77. The minimum atomic E-state index is 0.298. The van der Waals surface area contributed by atoms with Crippen LogP contribution in [0.3, 0.4) is 0 Å². The molecule has 1 fully saturated rings. The van der Waals surface area contributed by atoms with Gasteiger partial charge >= 0.3 is 0 Å². The molecular weight excluding hydrogens is 190 g/mol. The van der Waals surface area contributed by atoms with Crippen molar-refractivity contribution >= 4 is 12.0 Å². The lowest BCUT2D eigenvalue weighted by atomic mass is 10.2. The number of anilines is 1. The largest absolute Gasteiger partial charge is 0.490 e. The fourth-order valence-corrected chi connectivity index (χ4v) is 1.98. The highest BCUT2D eigenvalue weighted by atomic mass is 16.5. The third kappa shape index (κ3) is 2.49. The first kappa shape index (κ1) is 10.0. The Morgan fingerprint density at radius 1 is 1.27 bits per heavy atom. The number of rotatable bonds is 3. The number of hydrogen-bond acceptors (Lipinski definition) is 3. The van der Waals surface area contributed by atoms with Crippen molar-refractivity contribution in [2.75, 3.05) is 5.73 Å². The average Bonchev–Trinajstić information content (AvgIpc) is 2.69. The van der Waals surface area contributed by atoms with Crippen molar-refractivity contribution in [1.29, 1.82) is 0 Å². The lowest BCUT2D eigenvalue weighted by molar-refractivity contribution is 0.112. The Morgan fingerprint density at radius 3 is 2.67 bits per heavy atom. The number of carbonyl (C=O) groups is 1. The fourth-order valence-electron chi connectivity index (χ4n) is 1.98. The summed E-state index contributed by atoms with van der Waals surface area (Å²) < 4.78 is 5.76. The molecule has 1 saturated carbocycles. The molecule has 1 aromatic carbocycles. The van der Waals surface area contributed by atoms with E-state index in [0.29, 0.717) is 23.1 Å². The van der Waals surface area contributed by atoms with Crippen LogP contribution in [0.5, 0.6) is 5.75 Å². The maximum absolute atomic E-state index is 10.6. The van der Waals surface area contributed by atoms with Crippen molar-refractivity contribution in [2.45, 2.75) is 31.8 Å². The predicted octanol–water partition coefficient (Wildman–Crippen LogP) is 2.40. The van der Waals surface area contributed by atoms with Crippen molar-refractivity contribution in [3.8, 4) is 5.75 Å². The van der Waals surface area contributed by atoms with E-state index >= 15 is 0 Å². The van der Waals surface area contributed by atoms with E-state index < -0.39 is 0 Å². The molecule has 0 aromatic heterocycles. The molecule has 3 nitrogen and oxygen atoms in total. The van der Waals surface area contributed by atoms with Crippen LogP contribution in [0.1, 0.15) is 36.0 Å². The first-order valence-electron chi connectivity index (χ1n) is 5.30. The van der Waals surface area contributed by atoms with Crippen molar-refractivity contribution < 1.29 is 9.53 Å². The molecule has 0 spiro atoms. The highest BCUT2D eigenvalue weighted by Gasteiger charge is 2.16. The van der Waals surface area contributed by atoms with Crippen LogP contribution in [0.15, 0.2) is 18.2 Å². The van der Waals surface area contributed by atoms with E-state index in [9.17, 15) is 4.79 Å². The zero-order valence-corrected chi connectivity index (χ0v) is 8.61. The summed E-state index contributed by atoms with van der Waals surface area (Å²) in [5.74, 6) is 0.712. The lowest BCUT2D eigenvalue weighted by Gasteiger charge is -2.13. The van der Waals surface area contributed by atoms with Gasteiger partial charge in [-0.15, -0.1) is 0 Å². The van der Waals surface area contributed by atoms with Crippen LogP contribution in [-0.2, 0) is 0 Å². The monoisotopic (exact) mass is 205 g/mol. The molecule has 2 rings (SSSR count). The lowest BCUT2D eigenvalue weighted by Crippen LogP contribution is -2.11. The van der Waals surface area contributed by atoms with Gasteiger partial charge in [0.05, 0.1) is 6.10 Å². The number of hydrogen-bond donors (Lipinski definition) is 1. The van der Waals surface area contributed by atoms with Gasteiger partial charge in [-0.3, -0.25) is 4.79 Å². The van der Waals surface area contributed by atoms with Crippen LogP contribution in [-0.4, -0.2) is 12.4 Å². The van der Waals surface area contributed by atoms with Crippen molar-refractivity contribution in [3.05, 3.63) is 23.8 Å². The Labute approximate surface area is 89.2 Å². The molecule has 80 valence electrons. The van der Waals surface area contributed by atoms with Gasteiger partial charge in [0.15, 0.2) is 0 Å².